The average molecular weight is 596 g/mol. The van der Waals surface area contributed by atoms with Crippen LogP contribution in [0.25, 0.3) is 22.4 Å². The van der Waals surface area contributed by atoms with E-state index in [4.69, 9.17) is 19.6 Å². The van der Waals surface area contributed by atoms with Crippen molar-refractivity contribution in [2.45, 2.75) is 77.2 Å². The van der Waals surface area contributed by atoms with Crippen molar-refractivity contribution in [1.82, 2.24) is 4.98 Å². The maximum atomic E-state index is 10.9. The number of aliphatic carboxylic acids is 1. The summed E-state index contributed by atoms with van der Waals surface area (Å²) in [5.74, 6) is 0.622. The van der Waals surface area contributed by atoms with E-state index >= 15 is 0 Å². The Bertz CT molecular complexity index is 1390. The second kappa shape index (κ2) is 16.6. The van der Waals surface area contributed by atoms with E-state index in [0.717, 1.165) is 65.8 Å². The SMILES string of the molecule is CC(C)(O)CCc1c(CCCCCCOc2cc(-c3ccccc3)cc(-c3ccccc3)n2)cccc1OCCCC(=O)O. The molecule has 0 bridgehead atoms. The molecule has 1 aromatic heterocycles. The van der Waals surface area contributed by atoms with Gasteiger partial charge in [0.1, 0.15) is 5.75 Å². The van der Waals surface area contributed by atoms with E-state index in [2.05, 4.69) is 36.4 Å². The van der Waals surface area contributed by atoms with Gasteiger partial charge < -0.3 is 19.7 Å². The van der Waals surface area contributed by atoms with Crippen molar-refractivity contribution in [3.63, 3.8) is 0 Å². The first kappa shape index (κ1) is 32.7. The van der Waals surface area contributed by atoms with Crippen LogP contribution in [-0.4, -0.2) is 40.0 Å². The van der Waals surface area contributed by atoms with Gasteiger partial charge >= 0.3 is 5.97 Å². The second-order valence-electron chi connectivity index (χ2n) is 11.9. The highest BCUT2D eigenvalue weighted by Gasteiger charge is 2.17. The zero-order valence-corrected chi connectivity index (χ0v) is 26.0. The van der Waals surface area contributed by atoms with Gasteiger partial charge in [0.15, 0.2) is 0 Å². The lowest BCUT2D eigenvalue weighted by Gasteiger charge is -2.20. The van der Waals surface area contributed by atoms with Crippen LogP contribution in [0.4, 0.5) is 0 Å². The number of rotatable bonds is 18. The maximum Gasteiger partial charge on any atom is 0.303 e. The molecule has 3 aromatic carbocycles. The number of ether oxygens (including phenoxy) is 2. The summed E-state index contributed by atoms with van der Waals surface area (Å²) in [4.78, 5) is 15.7. The average Bonchev–Trinajstić information content (AvgIpc) is 3.02. The molecule has 0 atom stereocenters. The Morgan fingerprint density at radius 1 is 0.727 bits per heavy atom. The lowest BCUT2D eigenvalue weighted by molar-refractivity contribution is -0.137. The molecule has 0 amide bonds. The summed E-state index contributed by atoms with van der Waals surface area (Å²) < 4.78 is 12.2. The summed E-state index contributed by atoms with van der Waals surface area (Å²) in [6, 6.07) is 30.7. The molecule has 0 unspecified atom stereocenters. The van der Waals surface area contributed by atoms with E-state index in [1.54, 1.807) is 0 Å². The number of hydrogen-bond donors (Lipinski definition) is 2. The highest BCUT2D eigenvalue weighted by atomic mass is 16.5. The van der Waals surface area contributed by atoms with E-state index in [1.807, 2.05) is 68.4 Å². The number of carboxylic acid groups (broad SMARTS) is 1. The number of carbonyl (C=O) groups is 1. The van der Waals surface area contributed by atoms with Crippen molar-refractivity contribution in [2.24, 2.45) is 0 Å². The molecule has 6 heteroatoms. The van der Waals surface area contributed by atoms with Crippen LogP contribution in [-0.2, 0) is 17.6 Å². The largest absolute Gasteiger partial charge is 0.493 e. The van der Waals surface area contributed by atoms with Crippen molar-refractivity contribution in [3.05, 3.63) is 102 Å². The van der Waals surface area contributed by atoms with Crippen LogP contribution in [0.5, 0.6) is 11.6 Å². The Balaban J connectivity index is 1.30. The molecule has 0 saturated heterocycles. The van der Waals surface area contributed by atoms with Gasteiger partial charge in [-0.15, -0.1) is 0 Å². The predicted octanol–water partition coefficient (Wildman–Crippen LogP) is 8.54. The molecule has 0 saturated carbocycles. The maximum absolute atomic E-state index is 10.9. The van der Waals surface area contributed by atoms with Gasteiger partial charge in [0.05, 0.1) is 24.5 Å². The van der Waals surface area contributed by atoms with Crippen molar-refractivity contribution in [2.75, 3.05) is 13.2 Å². The summed E-state index contributed by atoms with van der Waals surface area (Å²) in [5, 5.41) is 19.3. The molecule has 44 heavy (non-hydrogen) atoms. The number of pyridine rings is 1. The van der Waals surface area contributed by atoms with E-state index in [1.165, 1.54) is 5.56 Å². The molecule has 0 aliphatic heterocycles. The van der Waals surface area contributed by atoms with Crippen LogP contribution >= 0.6 is 0 Å². The minimum absolute atomic E-state index is 0.0884. The third-order valence-electron chi connectivity index (χ3n) is 7.58. The number of benzene rings is 3. The van der Waals surface area contributed by atoms with Crippen LogP contribution in [0.15, 0.2) is 91.0 Å². The van der Waals surface area contributed by atoms with Crippen molar-refractivity contribution >= 4 is 5.97 Å². The minimum atomic E-state index is -0.816. The van der Waals surface area contributed by atoms with E-state index in [-0.39, 0.29) is 6.42 Å². The normalized spacial score (nSPS) is 11.3. The van der Waals surface area contributed by atoms with E-state index in [0.29, 0.717) is 38.4 Å². The molecule has 0 aliphatic rings. The van der Waals surface area contributed by atoms with Crippen LogP contribution < -0.4 is 9.47 Å². The molecule has 1 heterocycles. The summed E-state index contributed by atoms with van der Waals surface area (Å²) in [6.45, 7) is 4.61. The van der Waals surface area contributed by atoms with Gasteiger partial charge in [0, 0.05) is 18.1 Å². The zero-order chi connectivity index (χ0) is 31.2. The molecule has 0 aliphatic carbocycles. The van der Waals surface area contributed by atoms with Gasteiger partial charge in [-0.3, -0.25) is 4.79 Å². The van der Waals surface area contributed by atoms with E-state index in [9.17, 15) is 9.90 Å². The fourth-order valence-electron chi connectivity index (χ4n) is 5.18. The Morgan fingerprint density at radius 2 is 1.41 bits per heavy atom. The summed E-state index contributed by atoms with van der Waals surface area (Å²) in [6.07, 6.45) is 6.92. The standard InChI is InChI=1S/C38H45NO5/c1-38(2,42)24-23-33-30(20-13-21-35(33)43-26-14-22-37(40)41)17-7-3-4-12-25-44-36-28-32(29-15-8-5-9-16-29)27-34(39-36)31-18-10-6-11-19-31/h5-6,8-11,13,15-16,18-21,27-28,42H,3-4,7,12,14,17,22-26H2,1-2H3,(H,40,41). The molecule has 4 aromatic rings. The van der Waals surface area contributed by atoms with Gasteiger partial charge in [-0.1, -0.05) is 85.6 Å². The van der Waals surface area contributed by atoms with Gasteiger partial charge in [-0.05, 0) is 86.8 Å². The van der Waals surface area contributed by atoms with Crippen molar-refractivity contribution in [1.29, 1.82) is 0 Å². The molecular formula is C38H45NO5. The lowest BCUT2D eigenvalue weighted by Crippen LogP contribution is -2.20. The van der Waals surface area contributed by atoms with Crippen LogP contribution in [0.1, 0.15) is 69.9 Å². The zero-order valence-electron chi connectivity index (χ0n) is 26.0. The number of unbranched alkanes of at least 4 members (excludes halogenated alkanes) is 3. The fourth-order valence-corrected chi connectivity index (χ4v) is 5.18. The van der Waals surface area contributed by atoms with Gasteiger partial charge in [-0.25, -0.2) is 4.98 Å². The molecule has 0 radical (unpaired) electrons. The smallest absolute Gasteiger partial charge is 0.303 e. The predicted molar refractivity (Wildman–Crippen MR) is 176 cm³/mol. The highest BCUT2D eigenvalue weighted by molar-refractivity contribution is 5.71. The van der Waals surface area contributed by atoms with Crippen molar-refractivity contribution < 1.29 is 24.5 Å². The van der Waals surface area contributed by atoms with Crippen LogP contribution in [0.2, 0.25) is 0 Å². The number of aliphatic hydroxyl groups is 1. The van der Waals surface area contributed by atoms with Crippen LogP contribution in [0.3, 0.4) is 0 Å². The van der Waals surface area contributed by atoms with Crippen molar-refractivity contribution in [3.8, 4) is 34.0 Å². The van der Waals surface area contributed by atoms with Gasteiger partial charge in [0.2, 0.25) is 5.88 Å². The third kappa shape index (κ3) is 10.8. The summed E-state index contributed by atoms with van der Waals surface area (Å²) >= 11 is 0. The summed E-state index contributed by atoms with van der Waals surface area (Å²) in [5.41, 5.74) is 5.76. The third-order valence-corrected chi connectivity index (χ3v) is 7.58. The molecular weight excluding hydrogens is 550 g/mol. The molecule has 0 spiro atoms. The monoisotopic (exact) mass is 595 g/mol. The van der Waals surface area contributed by atoms with Gasteiger partial charge in [-0.2, -0.15) is 0 Å². The number of hydrogen-bond acceptors (Lipinski definition) is 5. The summed E-state index contributed by atoms with van der Waals surface area (Å²) in [7, 11) is 0. The first-order chi connectivity index (χ1) is 21.3. The number of carboxylic acids is 1. The van der Waals surface area contributed by atoms with Crippen LogP contribution in [0, 0.1) is 0 Å². The minimum Gasteiger partial charge on any atom is -0.493 e. The molecule has 232 valence electrons. The number of nitrogens with zero attached hydrogens (tertiary/aromatic N) is 1. The number of aryl methyl sites for hydroxylation is 1. The Hall–Kier alpha value is -4.16. The quantitative estimate of drug-likeness (QED) is 0.112. The molecule has 4 rings (SSSR count). The first-order valence-electron chi connectivity index (χ1n) is 15.7. The van der Waals surface area contributed by atoms with Gasteiger partial charge in [0.25, 0.3) is 0 Å². The fraction of sp³-hybridized carbons (Fsp3) is 0.368. The Morgan fingerprint density at radius 3 is 2.11 bits per heavy atom. The molecule has 2 N–H and O–H groups in total. The lowest BCUT2D eigenvalue weighted by atomic mass is 9.93. The molecule has 6 nitrogen and oxygen atoms in total. The molecule has 0 fully saturated rings. The second-order valence-corrected chi connectivity index (χ2v) is 11.9. The number of aromatic nitrogens is 1. The van der Waals surface area contributed by atoms with E-state index < -0.39 is 11.6 Å². The highest BCUT2D eigenvalue weighted by Crippen LogP contribution is 2.30. The first-order valence-corrected chi connectivity index (χ1v) is 15.7. The topological polar surface area (TPSA) is 88.9 Å². The Labute approximate surface area is 261 Å². The Kier molecular flexibility index (Phi) is 12.4.